The fourth-order valence-corrected chi connectivity index (χ4v) is 1.76. The van der Waals surface area contributed by atoms with Crippen LogP contribution in [-0.4, -0.2) is 0 Å². The van der Waals surface area contributed by atoms with Gasteiger partial charge in [-0.3, -0.25) is 0 Å². The van der Waals surface area contributed by atoms with Gasteiger partial charge in [-0.15, -0.1) is 0 Å². The van der Waals surface area contributed by atoms with E-state index in [1.807, 2.05) is 13.0 Å². The summed E-state index contributed by atoms with van der Waals surface area (Å²) in [6, 6.07) is 8.22. The molecule has 1 aromatic carbocycles. The van der Waals surface area contributed by atoms with Crippen LogP contribution >= 0.6 is 0 Å². The van der Waals surface area contributed by atoms with Gasteiger partial charge in [-0.2, -0.15) is 0 Å². The van der Waals surface area contributed by atoms with Crippen LogP contribution in [-0.2, 0) is 6.42 Å². The maximum atomic E-state index is 13.4. The second-order valence-electron chi connectivity index (χ2n) is 3.87. The number of furan rings is 1. The number of nitrogens with two attached hydrogens (primary N) is 1. The summed E-state index contributed by atoms with van der Waals surface area (Å²) in [6.45, 7) is 1.93. The van der Waals surface area contributed by atoms with Crippen LogP contribution in [0.3, 0.4) is 0 Å². The lowest BCUT2D eigenvalue weighted by molar-refractivity contribution is 0.457. The monoisotopic (exact) mass is 219 g/mol. The molecule has 1 aromatic heterocycles. The van der Waals surface area contributed by atoms with Gasteiger partial charge in [0.2, 0.25) is 0 Å². The van der Waals surface area contributed by atoms with Crippen LogP contribution in [0.4, 0.5) is 4.39 Å². The molecule has 0 fully saturated rings. The van der Waals surface area contributed by atoms with Crippen LogP contribution in [0.2, 0.25) is 0 Å². The highest BCUT2D eigenvalue weighted by atomic mass is 19.1. The number of rotatable bonds is 3. The van der Waals surface area contributed by atoms with Gasteiger partial charge in [0.25, 0.3) is 0 Å². The zero-order valence-electron chi connectivity index (χ0n) is 9.11. The zero-order valence-corrected chi connectivity index (χ0v) is 9.11. The lowest BCUT2D eigenvalue weighted by Gasteiger charge is -2.10. The van der Waals surface area contributed by atoms with Gasteiger partial charge in [0.05, 0.1) is 12.3 Å². The number of hydrogen-bond acceptors (Lipinski definition) is 2. The average Bonchev–Trinajstić information content (AvgIpc) is 2.68. The van der Waals surface area contributed by atoms with Crippen molar-refractivity contribution in [1.82, 2.24) is 0 Å². The summed E-state index contributed by atoms with van der Waals surface area (Å²) >= 11 is 0. The third kappa shape index (κ3) is 2.14. The van der Waals surface area contributed by atoms with Gasteiger partial charge in [-0.25, -0.2) is 4.39 Å². The minimum absolute atomic E-state index is 0.220. The summed E-state index contributed by atoms with van der Waals surface area (Å²) in [5.41, 5.74) is 7.60. The van der Waals surface area contributed by atoms with Gasteiger partial charge in [-0.1, -0.05) is 18.2 Å². The van der Waals surface area contributed by atoms with Gasteiger partial charge in [0.1, 0.15) is 11.6 Å². The van der Waals surface area contributed by atoms with E-state index in [4.69, 9.17) is 10.2 Å². The van der Waals surface area contributed by atoms with E-state index < -0.39 is 0 Å². The maximum Gasteiger partial charge on any atom is 0.126 e. The average molecular weight is 219 g/mol. The van der Waals surface area contributed by atoms with E-state index in [0.717, 1.165) is 11.3 Å². The summed E-state index contributed by atoms with van der Waals surface area (Å²) in [5.74, 6) is 0.505. The molecule has 0 aliphatic carbocycles. The molecule has 0 aliphatic heterocycles. The predicted octanol–water partition coefficient (Wildman–Crippen LogP) is 2.97. The van der Waals surface area contributed by atoms with Gasteiger partial charge in [0, 0.05) is 0 Å². The van der Waals surface area contributed by atoms with Crippen LogP contribution in [0, 0.1) is 12.7 Å². The second kappa shape index (κ2) is 4.49. The summed E-state index contributed by atoms with van der Waals surface area (Å²) in [4.78, 5) is 0. The molecule has 84 valence electrons. The number of hydrogen-bond donors (Lipinski definition) is 1. The molecule has 0 aliphatic rings. The Morgan fingerprint density at radius 2 is 2.06 bits per heavy atom. The van der Waals surface area contributed by atoms with Crippen molar-refractivity contribution in [3.05, 3.63) is 59.3 Å². The zero-order chi connectivity index (χ0) is 11.5. The first-order chi connectivity index (χ1) is 7.68. The first-order valence-corrected chi connectivity index (χ1v) is 5.21. The molecule has 1 unspecified atom stereocenters. The van der Waals surface area contributed by atoms with E-state index in [1.54, 1.807) is 24.5 Å². The maximum absolute atomic E-state index is 13.4. The smallest absolute Gasteiger partial charge is 0.126 e. The third-order valence-corrected chi connectivity index (χ3v) is 2.64. The molecular weight excluding hydrogens is 205 g/mol. The van der Waals surface area contributed by atoms with Crippen molar-refractivity contribution < 1.29 is 8.81 Å². The van der Waals surface area contributed by atoms with E-state index in [9.17, 15) is 4.39 Å². The Morgan fingerprint density at radius 1 is 1.31 bits per heavy atom. The van der Waals surface area contributed by atoms with E-state index in [0.29, 0.717) is 12.0 Å². The summed E-state index contributed by atoms with van der Waals surface area (Å²) < 4.78 is 18.7. The molecule has 1 atom stereocenters. The van der Waals surface area contributed by atoms with Crippen molar-refractivity contribution in [1.29, 1.82) is 0 Å². The lowest BCUT2D eigenvalue weighted by atomic mass is 10.0. The lowest BCUT2D eigenvalue weighted by Crippen LogP contribution is -2.14. The molecular formula is C13H14FNO. The van der Waals surface area contributed by atoms with E-state index in [-0.39, 0.29) is 11.9 Å². The number of halogens is 1. The molecule has 2 nitrogen and oxygen atoms in total. The second-order valence-corrected chi connectivity index (χ2v) is 3.87. The SMILES string of the molecule is Cc1ccoc1C(N)Cc1ccccc1F. The van der Waals surface area contributed by atoms with Crippen LogP contribution in [0.5, 0.6) is 0 Å². The topological polar surface area (TPSA) is 39.2 Å². The highest BCUT2D eigenvalue weighted by Crippen LogP contribution is 2.21. The summed E-state index contributed by atoms with van der Waals surface area (Å²) in [5, 5.41) is 0. The van der Waals surface area contributed by atoms with E-state index >= 15 is 0 Å². The van der Waals surface area contributed by atoms with Crippen molar-refractivity contribution in [2.45, 2.75) is 19.4 Å². The molecule has 2 N–H and O–H groups in total. The third-order valence-electron chi connectivity index (χ3n) is 2.64. The Labute approximate surface area is 93.9 Å². The molecule has 2 aromatic rings. The molecule has 0 saturated carbocycles. The normalized spacial score (nSPS) is 12.7. The van der Waals surface area contributed by atoms with Gasteiger partial charge < -0.3 is 10.2 Å². The molecule has 0 spiro atoms. The molecule has 16 heavy (non-hydrogen) atoms. The van der Waals surface area contributed by atoms with Crippen LogP contribution in [0.1, 0.15) is 22.9 Å². The molecule has 1 heterocycles. The minimum atomic E-state index is -0.299. The standard InChI is InChI=1S/C13H14FNO/c1-9-6-7-16-13(9)12(15)8-10-4-2-3-5-11(10)14/h2-7,12H,8,15H2,1H3. The molecule has 3 heteroatoms. The van der Waals surface area contributed by atoms with Gasteiger partial charge in [0.15, 0.2) is 0 Å². The minimum Gasteiger partial charge on any atom is -0.467 e. The van der Waals surface area contributed by atoms with Crippen molar-refractivity contribution in [3.8, 4) is 0 Å². The first-order valence-electron chi connectivity index (χ1n) is 5.21. The quantitative estimate of drug-likeness (QED) is 0.861. The Kier molecular flexibility index (Phi) is 3.06. The summed E-state index contributed by atoms with van der Waals surface area (Å²) in [6.07, 6.45) is 2.05. The van der Waals surface area contributed by atoms with Gasteiger partial charge in [-0.05, 0) is 36.6 Å². The molecule has 0 bridgehead atoms. The molecule has 0 saturated heterocycles. The Bertz CT molecular complexity index is 478. The van der Waals surface area contributed by atoms with Crippen LogP contribution in [0.25, 0.3) is 0 Å². The highest BCUT2D eigenvalue weighted by molar-refractivity contribution is 5.23. The van der Waals surface area contributed by atoms with Crippen molar-refractivity contribution >= 4 is 0 Å². The highest BCUT2D eigenvalue weighted by Gasteiger charge is 2.14. The number of aryl methyl sites for hydroxylation is 1. The molecule has 0 amide bonds. The van der Waals surface area contributed by atoms with Gasteiger partial charge >= 0.3 is 0 Å². The van der Waals surface area contributed by atoms with Crippen molar-refractivity contribution in [2.75, 3.05) is 0 Å². The Balaban J connectivity index is 2.17. The van der Waals surface area contributed by atoms with Crippen LogP contribution in [0.15, 0.2) is 41.0 Å². The Morgan fingerprint density at radius 3 is 2.69 bits per heavy atom. The Hall–Kier alpha value is -1.61. The van der Waals surface area contributed by atoms with Crippen molar-refractivity contribution in [3.63, 3.8) is 0 Å². The predicted molar refractivity (Wildman–Crippen MR) is 60.5 cm³/mol. The molecule has 2 rings (SSSR count). The first kappa shape index (κ1) is 10.9. The largest absolute Gasteiger partial charge is 0.467 e. The molecule has 0 radical (unpaired) electrons. The number of benzene rings is 1. The van der Waals surface area contributed by atoms with Crippen molar-refractivity contribution in [2.24, 2.45) is 5.73 Å². The fraction of sp³-hybridized carbons (Fsp3) is 0.231. The van der Waals surface area contributed by atoms with E-state index in [1.165, 1.54) is 6.07 Å². The van der Waals surface area contributed by atoms with Crippen LogP contribution < -0.4 is 5.73 Å². The fourth-order valence-electron chi connectivity index (χ4n) is 1.76. The van der Waals surface area contributed by atoms with E-state index in [2.05, 4.69) is 0 Å². The summed E-state index contributed by atoms with van der Waals surface area (Å²) in [7, 11) is 0.